The van der Waals surface area contributed by atoms with Crippen molar-refractivity contribution in [3.05, 3.63) is 23.8 Å². The average Bonchev–Trinajstić information content (AvgIpc) is 2.87. The maximum absolute atomic E-state index is 6.30. The van der Waals surface area contributed by atoms with Crippen LogP contribution < -0.4 is 20.5 Å². The quantitative estimate of drug-likeness (QED) is 0.856. The minimum absolute atomic E-state index is 0.0996. The molecule has 0 bridgehead atoms. The fourth-order valence-corrected chi connectivity index (χ4v) is 2.76. The van der Waals surface area contributed by atoms with Crippen molar-refractivity contribution >= 4 is 0 Å². The fraction of sp³-hybridized carbons (Fsp3) is 0.571. The van der Waals surface area contributed by atoms with Crippen molar-refractivity contribution in [2.24, 2.45) is 11.7 Å². The molecule has 1 unspecified atom stereocenters. The highest BCUT2D eigenvalue weighted by molar-refractivity contribution is 5.45. The average molecular weight is 248 g/mol. The van der Waals surface area contributed by atoms with Crippen LogP contribution in [0.1, 0.15) is 30.9 Å². The maximum atomic E-state index is 6.30. The second-order valence-electron chi connectivity index (χ2n) is 5.15. The summed E-state index contributed by atoms with van der Waals surface area (Å²) in [6.07, 6.45) is 3.53. The third-order valence-corrected chi connectivity index (χ3v) is 3.87. The number of piperidine rings is 1. The number of ether oxygens (including phenoxy) is 2. The molecule has 1 aromatic carbocycles. The van der Waals surface area contributed by atoms with E-state index in [0.29, 0.717) is 6.79 Å². The second-order valence-corrected chi connectivity index (χ2v) is 5.15. The molecule has 4 nitrogen and oxygen atoms in total. The number of hydrogen-bond donors (Lipinski definition) is 2. The largest absolute Gasteiger partial charge is 0.454 e. The first-order valence-electron chi connectivity index (χ1n) is 6.69. The lowest BCUT2D eigenvalue weighted by Gasteiger charge is -2.25. The predicted molar refractivity (Wildman–Crippen MR) is 69.7 cm³/mol. The molecule has 1 fully saturated rings. The van der Waals surface area contributed by atoms with E-state index in [0.717, 1.165) is 42.5 Å². The van der Waals surface area contributed by atoms with E-state index in [4.69, 9.17) is 15.2 Å². The lowest BCUT2D eigenvalue weighted by atomic mass is 9.89. The summed E-state index contributed by atoms with van der Waals surface area (Å²) in [7, 11) is 0. The van der Waals surface area contributed by atoms with E-state index >= 15 is 0 Å². The molecule has 1 atom stereocenters. The Balaban J connectivity index is 1.66. The molecule has 3 N–H and O–H groups in total. The number of fused-ring (bicyclic) bond motifs is 1. The van der Waals surface area contributed by atoms with Gasteiger partial charge >= 0.3 is 0 Å². The third-order valence-electron chi connectivity index (χ3n) is 3.87. The molecule has 1 aromatic rings. The highest BCUT2D eigenvalue weighted by Gasteiger charge is 2.20. The van der Waals surface area contributed by atoms with E-state index in [-0.39, 0.29) is 6.04 Å². The van der Waals surface area contributed by atoms with Crippen LogP contribution in [-0.2, 0) is 0 Å². The summed E-state index contributed by atoms with van der Waals surface area (Å²) in [4.78, 5) is 0. The molecular weight excluding hydrogens is 228 g/mol. The summed E-state index contributed by atoms with van der Waals surface area (Å²) in [6.45, 7) is 2.57. The summed E-state index contributed by atoms with van der Waals surface area (Å²) < 4.78 is 10.7. The van der Waals surface area contributed by atoms with E-state index in [1.807, 2.05) is 12.1 Å². The van der Waals surface area contributed by atoms with Crippen LogP contribution in [0.5, 0.6) is 11.5 Å². The molecule has 1 saturated heterocycles. The molecule has 0 radical (unpaired) electrons. The first-order chi connectivity index (χ1) is 8.83. The van der Waals surface area contributed by atoms with Gasteiger partial charge in [-0.2, -0.15) is 0 Å². The molecule has 4 heteroatoms. The first kappa shape index (κ1) is 11.8. The van der Waals surface area contributed by atoms with Gasteiger partial charge in [-0.05, 0) is 56.0 Å². The zero-order chi connectivity index (χ0) is 12.4. The Morgan fingerprint density at radius 1 is 1.22 bits per heavy atom. The summed E-state index contributed by atoms with van der Waals surface area (Å²) >= 11 is 0. The zero-order valence-corrected chi connectivity index (χ0v) is 10.5. The Morgan fingerprint density at radius 2 is 2.00 bits per heavy atom. The molecule has 2 aliphatic rings. The number of rotatable bonds is 3. The van der Waals surface area contributed by atoms with Crippen molar-refractivity contribution in [1.82, 2.24) is 5.32 Å². The molecule has 0 spiro atoms. The molecule has 0 aliphatic carbocycles. The van der Waals surface area contributed by atoms with Crippen LogP contribution in [0.2, 0.25) is 0 Å². The van der Waals surface area contributed by atoms with Gasteiger partial charge in [0.05, 0.1) is 0 Å². The molecule has 98 valence electrons. The van der Waals surface area contributed by atoms with Crippen molar-refractivity contribution in [3.63, 3.8) is 0 Å². The predicted octanol–water partition coefficient (Wildman–Crippen LogP) is 1.80. The van der Waals surface area contributed by atoms with E-state index in [1.54, 1.807) is 0 Å². The number of hydrogen-bond acceptors (Lipinski definition) is 4. The fourth-order valence-electron chi connectivity index (χ4n) is 2.76. The minimum Gasteiger partial charge on any atom is -0.454 e. The van der Waals surface area contributed by atoms with Crippen LogP contribution in [-0.4, -0.2) is 19.9 Å². The second kappa shape index (κ2) is 5.16. The van der Waals surface area contributed by atoms with Crippen LogP contribution in [0.25, 0.3) is 0 Å². The first-order valence-corrected chi connectivity index (χ1v) is 6.69. The molecular formula is C14H20N2O2. The van der Waals surface area contributed by atoms with Gasteiger partial charge in [-0.3, -0.25) is 0 Å². The van der Waals surface area contributed by atoms with Gasteiger partial charge in [-0.1, -0.05) is 6.07 Å². The molecule has 0 amide bonds. The van der Waals surface area contributed by atoms with Gasteiger partial charge in [0.25, 0.3) is 0 Å². The van der Waals surface area contributed by atoms with Gasteiger partial charge in [0, 0.05) is 6.04 Å². The molecule has 3 rings (SSSR count). The van der Waals surface area contributed by atoms with Gasteiger partial charge in [-0.15, -0.1) is 0 Å². The smallest absolute Gasteiger partial charge is 0.231 e. The van der Waals surface area contributed by atoms with Crippen LogP contribution in [0.4, 0.5) is 0 Å². The minimum atomic E-state index is 0.0996. The van der Waals surface area contributed by atoms with E-state index < -0.39 is 0 Å². The van der Waals surface area contributed by atoms with E-state index in [9.17, 15) is 0 Å². The summed E-state index contributed by atoms with van der Waals surface area (Å²) in [5.74, 6) is 2.40. The van der Waals surface area contributed by atoms with Crippen LogP contribution in [0, 0.1) is 5.92 Å². The Hall–Kier alpha value is -1.26. The topological polar surface area (TPSA) is 56.5 Å². The highest BCUT2D eigenvalue weighted by atomic mass is 16.7. The number of nitrogens with two attached hydrogens (primary N) is 1. The normalized spacial score (nSPS) is 20.9. The lowest BCUT2D eigenvalue weighted by Crippen LogP contribution is -2.29. The molecule has 0 aromatic heterocycles. The van der Waals surface area contributed by atoms with Crippen molar-refractivity contribution < 1.29 is 9.47 Å². The molecule has 18 heavy (non-hydrogen) atoms. The Kier molecular flexibility index (Phi) is 3.39. The Morgan fingerprint density at radius 3 is 2.83 bits per heavy atom. The van der Waals surface area contributed by atoms with Gasteiger partial charge < -0.3 is 20.5 Å². The third kappa shape index (κ3) is 2.44. The molecule has 0 saturated carbocycles. The SMILES string of the molecule is NC(CC1CCNCC1)c1ccc2c(c1)OCO2. The van der Waals surface area contributed by atoms with Crippen LogP contribution in [0.15, 0.2) is 18.2 Å². The van der Waals surface area contributed by atoms with Gasteiger partial charge in [0.1, 0.15) is 0 Å². The number of benzene rings is 1. The summed E-state index contributed by atoms with van der Waals surface area (Å²) in [6, 6.07) is 6.13. The van der Waals surface area contributed by atoms with Crippen molar-refractivity contribution in [3.8, 4) is 11.5 Å². The van der Waals surface area contributed by atoms with Crippen molar-refractivity contribution in [1.29, 1.82) is 0 Å². The highest BCUT2D eigenvalue weighted by Crippen LogP contribution is 2.35. The maximum Gasteiger partial charge on any atom is 0.231 e. The zero-order valence-electron chi connectivity index (χ0n) is 10.5. The van der Waals surface area contributed by atoms with Crippen LogP contribution >= 0.6 is 0 Å². The van der Waals surface area contributed by atoms with Gasteiger partial charge in [0.15, 0.2) is 11.5 Å². The Labute approximate surface area is 107 Å². The van der Waals surface area contributed by atoms with Gasteiger partial charge in [-0.25, -0.2) is 0 Å². The summed E-state index contributed by atoms with van der Waals surface area (Å²) in [5, 5.41) is 3.38. The monoisotopic (exact) mass is 248 g/mol. The van der Waals surface area contributed by atoms with E-state index in [2.05, 4.69) is 11.4 Å². The van der Waals surface area contributed by atoms with Crippen LogP contribution in [0.3, 0.4) is 0 Å². The standard InChI is InChI=1S/C14H20N2O2/c15-12(7-10-3-5-16-6-4-10)11-1-2-13-14(8-11)18-9-17-13/h1-2,8,10,12,16H,3-7,9,15H2. The molecule has 2 heterocycles. The lowest BCUT2D eigenvalue weighted by molar-refractivity contribution is 0.174. The van der Waals surface area contributed by atoms with Crippen molar-refractivity contribution in [2.45, 2.75) is 25.3 Å². The van der Waals surface area contributed by atoms with Gasteiger partial charge in [0.2, 0.25) is 6.79 Å². The van der Waals surface area contributed by atoms with E-state index in [1.165, 1.54) is 12.8 Å². The number of nitrogens with one attached hydrogen (secondary N) is 1. The molecule has 2 aliphatic heterocycles. The van der Waals surface area contributed by atoms with Crippen molar-refractivity contribution in [2.75, 3.05) is 19.9 Å². The summed E-state index contributed by atoms with van der Waals surface area (Å²) in [5.41, 5.74) is 7.45. The Bertz CT molecular complexity index is 416.